The van der Waals surface area contributed by atoms with E-state index in [1.165, 1.54) is 0 Å². The third kappa shape index (κ3) is 1.89. The van der Waals surface area contributed by atoms with Gasteiger partial charge in [-0.2, -0.15) is 0 Å². The second-order valence-electron chi connectivity index (χ2n) is 5.75. The maximum Gasteiger partial charge on any atom is 0.255 e. The second-order valence-corrected chi connectivity index (χ2v) is 5.75. The van der Waals surface area contributed by atoms with Crippen LogP contribution in [0, 0.1) is 0 Å². The van der Waals surface area contributed by atoms with E-state index in [4.69, 9.17) is 11.5 Å². The summed E-state index contributed by atoms with van der Waals surface area (Å²) in [5.41, 5.74) is 14.9. The minimum Gasteiger partial charge on any atom is -0.396 e. The van der Waals surface area contributed by atoms with Gasteiger partial charge in [-0.3, -0.25) is 4.79 Å². The van der Waals surface area contributed by atoms with Crippen LogP contribution in [0.1, 0.15) is 29.9 Å². The summed E-state index contributed by atoms with van der Waals surface area (Å²) in [5.74, 6) is 0.275. The van der Waals surface area contributed by atoms with Gasteiger partial charge in [0.15, 0.2) is 0 Å². The molecule has 104 valence electrons. The van der Waals surface area contributed by atoms with Crippen LogP contribution >= 0.6 is 0 Å². The van der Waals surface area contributed by atoms with Gasteiger partial charge in [0.1, 0.15) is 5.82 Å². The summed E-state index contributed by atoms with van der Waals surface area (Å²) in [4.78, 5) is 19.4. The SMILES string of the molecule is CC1(C)Cc2[nH]c(-c3ccnc(N)c3)c(N)c2C(=O)N1. The van der Waals surface area contributed by atoms with E-state index in [9.17, 15) is 4.79 Å². The van der Waals surface area contributed by atoms with Gasteiger partial charge in [-0.1, -0.05) is 0 Å². The molecule has 3 heterocycles. The summed E-state index contributed by atoms with van der Waals surface area (Å²) in [6.07, 6.45) is 2.33. The minimum atomic E-state index is -0.282. The molecule has 0 radical (unpaired) electrons. The van der Waals surface area contributed by atoms with Gasteiger partial charge in [-0.05, 0) is 26.0 Å². The zero-order chi connectivity index (χ0) is 14.5. The number of carbonyl (C=O) groups excluding carboxylic acids is 1. The topological polar surface area (TPSA) is 110 Å². The van der Waals surface area contributed by atoms with Crippen molar-refractivity contribution in [1.82, 2.24) is 15.3 Å². The number of pyridine rings is 1. The molecule has 0 bridgehead atoms. The molecule has 6 N–H and O–H groups in total. The number of hydrogen-bond donors (Lipinski definition) is 4. The number of nitrogens with zero attached hydrogens (tertiary/aromatic N) is 1. The molecule has 2 aromatic rings. The van der Waals surface area contributed by atoms with Crippen molar-refractivity contribution in [2.75, 3.05) is 11.5 Å². The van der Waals surface area contributed by atoms with Crippen molar-refractivity contribution < 1.29 is 4.79 Å². The van der Waals surface area contributed by atoms with Crippen molar-refractivity contribution in [1.29, 1.82) is 0 Å². The Balaban J connectivity index is 2.15. The van der Waals surface area contributed by atoms with Crippen LogP contribution < -0.4 is 16.8 Å². The van der Waals surface area contributed by atoms with E-state index >= 15 is 0 Å². The van der Waals surface area contributed by atoms with Crippen LogP contribution in [0.25, 0.3) is 11.3 Å². The number of aromatic amines is 1. The normalized spacial score (nSPS) is 16.6. The molecule has 1 aliphatic heterocycles. The lowest BCUT2D eigenvalue weighted by molar-refractivity contribution is 0.0897. The van der Waals surface area contributed by atoms with Gasteiger partial charge in [0.2, 0.25) is 0 Å². The van der Waals surface area contributed by atoms with E-state index in [2.05, 4.69) is 15.3 Å². The molecule has 2 aromatic heterocycles. The Kier molecular flexibility index (Phi) is 2.50. The van der Waals surface area contributed by atoms with Gasteiger partial charge in [0.05, 0.1) is 16.9 Å². The fourth-order valence-corrected chi connectivity index (χ4v) is 2.65. The number of nitrogens with two attached hydrogens (primary N) is 2. The highest BCUT2D eigenvalue weighted by atomic mass is 16.1. The molecule has 0 aliphatic carbocycles. The fourth-order valence-electron chi connectivity index (χ4n) is 2.65. The van der Waals surface area contributed by atoms with Gasteiger partial charge in [0.25, 0.3) is 5.91 Å². The summed E-state index contributed by atoms with van der Waals surface area (Å²) >= 11 is 0. The third-order valence-corrected chi connectivity index (χ3v) is 3.48. The van der Waals surface area contributed by atoms with Crippen LogP contribution in [0.4, 0.5) is 11.5 Å². The predicted octanol–water partition coefficient (Wildman–Crippen LogP) is 1.31. The Labute approximate surface area is 116 Å². The highest BCUT2D eigenvalue weighted by Gasteiger charge is 2.34. The van der Waals surface area contributed by atoms with Crippen LogP contribution in [0.15, 0.2) is 18.3 Å². The Bertz CT molecular complexity index is 702. The summed E-state index contributed by atoms with van der Waals surface area (Å²) in [6.45, 7) is 3.96. The molecule has 6 nitrogen and oxygen atoms in total. The van der Waals surface area contributed by atoms with E-state index in [1.54, 1.807) is 12.3 Å². The van der Waals surface area contributed by atoms with Crippen molar-refractivity contribution >= 4 is 17.4 Å². The number of H-pyrrole nitrogens is 1. The van der Waals surface area contributed by atoms with E-state index in [0.717, 1.165) is 17.0 Å². The molecule has 0 saturated carbocycles. The molecule has 3 rings (SSSR count). The molecular weight excluding hydrogens is 254 g/mol. The minimum absolute atomic E-state index is 0.140. The van der Waals surface area contributed by atoms with Gasteiger partial charge < -0.3 is 21.8 Å². The number of fused-ring (bicyclic) bond motifs is 1. The van der Waals surface area contributed by atoms with Crippen molar-refractivity contribution in [3.63, 3.8) is 0 Å². The zero-order valence-corrected chi connectivity index (χ0v) is 11.4. The Hall–Kier alpha value is -2.50. The average Bonchev–Trinajstić information content (AvgIpc) is 2.64. The van der Waals surface area contributed by atoms with Gasteiger partial charge in [-0.15, -0.1) is 0 Å². The molecule has 0 unspecified atom stereocenters. The average molecular weight is 271 g/mol. The standard InChI is InChI=1S/C14H17N5O/c1-14(2)6-8-10(13(20)19-14)11(16)12(18-8)7-3-4-17-9(15)5-7/h3-5,18H,6,16H2,1-2H3,(H2,15,17)(H,19,20). The summed E-state index contributed by atoms with van der Waals surface area (Å²) < 4.78 is 0. The lowest BCUT2D eigenvalue weighted by Crippen LogP contribution is -2.49. The molecule has 20 heavy (non-hydrogen) atoms. The largest absolute Gasteiger partial charge is 0.396 e. The number of nitrogen functional groups attached to an aromatic ring is 2. The van der Waals surface area contributed by atoms with Gasteiger partial charge >= 0.3 is 0 Å². The van der Waals surface area contributed by atoms with Crippen molar-refractivity contribution in [2.24, 2.45) is 0 Å². The zero-order valence-electron chi connectivity index (χ0n) is 11.4. The number of nitrogens with one attached hydrogen (secondary N) is 2. The highest BCUT2D eigenvalue weighted by Crippen LogP contribution is 2.35. The fraction of sp³-hybridized carbons (Fsp3) is 0.286. The number of anilines is 2. The smallest absolute Gasteiger partial charge is 0.255 e. The predicted molar refractivity (Wildman–Crippen MR) is 78.1 cm³/mol. The van der Waals surface area contributed by atoms with Crippen LogP contribution in [-0.4, -0.2) is 21.4 Å². The first kappa shape index (κ1) is 12.5. The Morgan fingerprint density at radius 2 is 2.10 bits per heavy atom. The second kappa shape index (κ2) is 4.00. The molecule has 0 saturated heterocycles. The van der Waals surface area contributed by atoms with Crippen molar-refractivity contribution in [3.05, 3.63) is 29.6 Å². The highest BCUT2D eigenvalue weighted by molar-refractivity contribution is 6.05. The van der Waals surface area contributed by atoms with Crippen LogP contribution in [0.5, 0.6) is 0 Å². The van der Waals surface area contributed by atoms with Crippen molar-refractivity contribution in [2.45, 2.75) is 25.8 Å². The molecule has 0 fully saturated rings. The molecule has 1 amide bonds. The molecule has 0 atom stereocenters. The summed E-state index contributed by atoms with van der Waals surface area (Å²) in [5, 5.41) is 2.95. The lowest BCUT2D eigenvalue weighted by Gasteiger charge is -2.30. The molecule has 0 spiro atoms. The maximum absolute atomic E-state index is 12.2. The van der Waals surface area contributed by atoms with Gasteiger partial charge in [0, 0.05) is 29.4 Å². The van der Waals surface area contributed by atoms with E-state index in [1.807, 2.05) is 19.9 Å². The van der Waals surface area contributed by atoms with Gasteiger partial charge in [-0.25, -0.2) is 4.98 Å². The Morgan fingerprint density at radius 3 is 2.80 bits per heavy atom. The maximum atomic E-state index is 12.2. The van der Waals surface area contributed by atoms with Crippen LogP contribution in [0.3, 0.4) is 0 Å². The number of hydrogen-bond acceptors (Lipinski definition) is 4. The molecule has 0 aromatic carbocycles. The molecular formula is C14H17N5O. The molecule has 6 heteroatoms. The van der Waals surface area contributed by atoms with Crippen LogP contribution in [0.2, 0.25) is 0 Å². The summed E-state index contributed by atoms with van der Waals surface area (Å²) in [7, 11) is 0. The first-order valence-electron chi connectivity index (χ1n) is 6.42. The number of amides is 1. The van der Waals surface area contributed by atoms with Crippen LogP contribution in [-0.2, 0) is 6.42 Å². The number of aromatic nitrogens is 2. The Morgan fingerprint density at radius 1 is 1.35 bits per heavy atom. The van der Waals surface area contributed by atoms with Crippen molar-refractivity contribution in [3.8, 4) is 11.3 Å². The monoisotopic (exact) mass is 271 g/mol. The number of carbonyl (C=O) groups is 1. The molecule has 1 aliphatic rings. The quantitative estimate of drug-likeness (QED) is 0.626. The van der Waals surface area contributed by atoms with E-state index in [-0.39, 0.29) is 11.4 Å². The third-order valence-electron chi connectivity index (χ3n) is 3.48. The van der Waals surface area contributed by atoms with E-state index < -0.39 is 0 Å². The lowest BCUT2D eigenvalue weighted by atomic mass is 9.91. The van der Waals surface area contributed by atoms with E-state index in [0.29, 0.717) is 23.5 Å². The summed E-state index contributed by atoms with van der Waals surface area (Å²) in [6, 6.07) is 3.55. The number of rotatable bonds is 1. The first-order chi connectivity index (χ1) is 9.37. The first-order valence-corrected chi connectivity index (χ1v) is 6.42.